The molecule has 0 aliphatic heterocycles. The Kier molecular flexibility index (Phi) is 5.76. The molecular weight excluding hydrogens is 300 g/mol. The van der Waals surface area contributed by atoms with Gasteiger partial charge in [0, 0.05) is 6.54 Å². The maximum atomic E-state index is 12.1. The van der Waals surface area contributed by atoms with E-state index in [0.29, 0.717) is 6.42 Å². The highest BCUT2D eigenvalue weighted by Gasteiger charge is 2.20. The minimum absolute atomic E-state index is 0.0787. The number of hydrogen-bond donors (Lipinski definition) is 1. The third-order valence-corrected chi connectivity index (χ3v) is 4.84. The second-order valence-electron chi connectivity index (χ2n) is 5.40. The summed E-state index contributed by atoms with van der Waals surface area (Å²) in [6.07, 6.45) is 2.10. The smallest absolute Gasteiger partial charge is 0.211 e. The van der Waals surface area contributed by atoms with E-state index in [9.17, 15) is 8.42 Å². The zero-order chi connectivity index (χ0) is 16.0. The van der Waals surface area contributed by atoms with Crippen molar-refractivity contribution < 1.29 is 12.8 Å². The molecule has 0 saturated heterocycles. The largest absolute Gasteiger partial charge is 0.468 e. The molecule has 22 heavy (non-hydrogen) atoms. The molecule has 1 atom stereocenters. The van der Waals surface area contributed by atoms with Crippen molar-refractivity contribution in [2.45, 2.75) is 12.5 Å². The third-order valence-electron chi connectivity index (χ3n) is 3.49. The lowest BCUT2D eigenvalue weighted by molar-refractivity contribution is 0.259. The van der Waals surface area contributed by atoms with Crippen LogP contribution in [-0.4, -0.2) is 39.7 Å². The highest BCUT2D eigenvalue weighted by molar-refractivity contribution is 7.89. The van der Waals surface area contributed by atoms with Crippen LogP contribution in [0.3, 0.4) is 0 Å². The van der Waals surface area contributed by atoms with Crippen LogP contribution in [0.5, 0.6) is 0 Å². The van der Waals surface area contributed by atoms with Gasteiger partial charge >= 0.3 is 0 Å². The van der Waals surface area contributed by atoms with Crippen LogP contribution in [0.25, 0.3) is 0 Å². The van der Waals surface area contributed by atoms with Crippen LogP contribution in [0.2, 0.25) is 0 Å². The molecule has 2 rings (SSSR count). The molecule has 2 aromatic rings. The highest BCUT2D eigenvalue weighted by Crippen LogP contribution is 2.17. The van der Waals surface area contributed by atoms with Crippen LogP contribution in [-0.2, 0) is 16.4 Å². The molecule has 0 amide bonds. The van der Waals surface area contributed by atoms with Gasteiger partial charge in [0.2, 0.25) is 10.0 Å². The van der Waals surface area contributed by atoms with E-state index < -0.39 is 10.0 Å². The van der Waals surface area contributed by atoms with Gasteiger partial charge < -0.3 is 4.42 Å². The first-order valence-corrected chi connectivity index (χ1v) is 8.84. The second kappa shape index (κ2) is 7.58. The Morgan fingerprint density at radius 3 is 2.45 bits per heavy atom. The van der Waals surface area contributed by atoms with E-state index in [4.69, 9.17) is 4.42 Å². The zero-order valence-corrected chi connectivity index (χ0v) is 13.7. The molecule has 6 heteroatoms. The molecule has 0 aliphatic carbocycles. The quantitative estimate of drug-likeness (QED) is 0.808. The van der Waals surface area contributed by atoms with Crippen molar-refractivity contribution in [2.75, 3.05) is 26.4 Å². The zero-order valence-electron chi connectivity index (χ0n) is 12.9. The molecule has 1 aromatic heterocycles. The average Bonchev–Trinajstić information content (AvgIpc) is 3.00. The van der Waals surface area contributed by atoms with Crippen molar-refractivity contribution in [1.82, 2.24) is 9.62 Å². The fourth-order valence-corrected chi connectivity index (χ4v) is 3.25. The lowest BCUT2D eigenvalue weighted by Crippen LogP contribution is -2.35. The first-order valence-electron chi connectivity index (χ1n) is 7.19. The summed E-state index contributed by atoms with van der Waals surface area (Å²) in [6.45, 7) is 0.289. The van der Waals surface area contributed by atoms with Crippen molar-refractivity contribution in [3.8, 4) is 0 Å². The predicted octanol–water partition coefficient (Wildman–Crippen LogP) is 2.04. The predicted molar refractivity (Wildman–Crippen MR) is 87.1 cm³/mol. The SMILES string of the molecule is CN(C)C(CNS(=O)(=O)CCc1ccccc1)c1ccco1. The number of aryl methyl sites for hydroxylation is 1. The summed E-state index contributed by atoms with van der Waals surface area (Å²) >= 11 is 0. The van der Waals surface area contributed by atoms with E-state index in [2.05, 4.69) is 4.72 Å². The number of hydrogen-bond acceptors (Lipinski definition) is 4. The molecule has 0 spiro atoms. The van der Waals surface area contributed by atoms with Gasteiger partial charge in [-0.3, -0.25) is 4.90 Å². The van der Waals surface area contributed by atoms with Gasteiger partial charge in [-0.05, 0) is 38.2 Å². The second-order valence-corrected chi connectivity index (χ2v) is 7.32. The van der Waals surface area contributed by atoms with Crippen molar-refractivity contribution in [2.24, 2.45) is 0 Å². The van der Waals surface area contributed by atoms with Gasteiger partial charge in [0.05, 0.1) is 18.1 Å². The monoisotopic (exact) mass is 322 g/mol. The van der Waals surface area contributed by atoms with Crippen molar-refractivity contribution in [1.29, 1.82) is 0 Å². The molecule has 0 aliphatic rings. The average molecular weight is 322 g/mol. The van der Waals surface area contributed by atoms with Crippen LogP contribution in [0, 0.1) is 0 Å². The number of benzene rings is 1. The molecule has 5 nitrogen and oxygen atoms in total. The molecule has 1 N–H and O–H groups in total. The standard InChI is InChI=1S/C16H22N2O3S/c1-18(2)15(16-9-6-11-21-16)13-17-22(19,20)12-10-14-7-4-3-5-8-14/h3-9,11,15,17H,10,12-13H2,1-2H3. The van der Waals surface area contributed by atoms with Crippen LogP contribution < -0.4 is 4.72 Å². The molecular formula is C16H22N2O3S. The van der Waals surface area contributed by atoms with E-state index in [1.807, 2.05) is 55.4 Å². The van der Waals surface area contributed by atoms with Crippen molar-refractivity contribution >= 4 is 10.0 Å². The van der Waals surface area contributed by atoms with Crippen molar-refractivity contribution in [3.63, 3.8) is 0 Å². The highest BCUT2D eigenvalue weighted by atomic mass is 32.2. The van der Waals surface area contributed by atoms with E-state index in [0.717, 1.165) is 11.3 Å². The Morgan fingerprint density at radius 2 is 1.86 bits per heavy atom. The van der Waals surface area contributed by atoms with E-state index >= 15 is 0 Å². The molecule has 1 aromatic carbocycles. The summed E-state index contributed by atoms with van der Waals surface area (Å²) in [4.78, 5) is 1.93. The molecule has 0 bridgehead atoms. The van der Waals surface area contributed by atoms with Crippen LogP contribution in [0.1, 0.15) is 17.4 Å². The maximum Gasteiger partial charge on any atom is 0.211 e. The fourth-order valence-electron chi connectivity index (χ4n) is 2.19. The Bertz CT molecular complexity index is 652. The van der Waals surface area contributed by atoms with Gasteiger partial charge in [0.1, 0.15) is 5.76 Å². The van der Waals surface area contributed by atoms with Crippen molar-refractivity contribution in [3.05, 3.63) is 60.1 Å². The molecule has 120 valence electrons. The minimum atomic E-state index is -3.32. The van der Waals surface area contributed by atoms with Gasteiger partial charge in [-0.1, -0.05) is 30.3 Å². The molecule has 1 heterocycles. The molecule has 0 fully saturated rings. The topological polar surface area (TPSA) is 62.6 Å². The van der Waals surface area contributed by atoms with Gasteiger partial charge in [-0.25, -0.2) is 13.1 Å². The van der Waals surface area contributed by atoms with Gasteiger partial charge in [0.15, 0.2) is 0 Å². The summed E-state index contributed by atoms with van der Waals surface area (Å²) in [6, 6.07) is 13.1. The Balaban J connectivity index is 1.91. The lowest BCUT2D eigenvalue weighted by atomic mass is 10.2. The summed E-state index contributed by atoms with van der Waals surface area (Å²) in [5.41, 5.74) is 1.02. The number of rotatable bonds is 8. The summed E-state index contributed by atoms with van der Waals surface area (Å²) in [5, 5.41) is 0. The number of sulfonamides is 1. The van der Waals surface area contributed by atoms with Gasteiger partial charge in [-0.15, -0.1) is 0 Å². The van der Waals surface area contributed by atoms with Crippen LogP contribution >= 0.6 is 0 Å². The summed E-state index contributed by atoms with van der Waals surface area (Å²) in [7, 11) is 0.471. The van der Waals surface area contributed by atoms with Crippen LogP contribution in [0.4, 0.5) is 0 Å². The van der Waals surface area contributed by atoms with Gasteiger partial charge in [-0.2, -0.15) is 0 Å². The van der Waals surface area contributed by atoms with Gasteiger partial charge in [0.25, 0.3) is 0 Å². The maximum absolute atomic E-state index is 12.1. The third kappa shape index (κ3) is 4.98. The lowest BCUT2D eigenvalue weighted by Gasteiger charge is -2.22. The van der Waals surface area contributed by atoms with E-state index in [1.54, 1.807) is 12.3 Å². The molecule has 0 radical (unpaired) electrons. The number of likely N-dealkylation sites (N-methyl/N-ethyl adjacent to an activating group) is 1. The van der Waals surface area contributed by atoms with E-state index in [-0.39, 0.29) is 18.3 Å². The molecule has 1 unspecified atom stereocenters. The first kappa shape index (κ1) is 16.7. The Hall–Kier alpha value is -1.63. The first-order chi connectivity index (χ1) is 10.5. The summed E-state index contributed by atoms with van der Waals surface area (Å²) < 4.78 is 32.3. The summed E-state index contributed by atoms with van der Waals surface area (Å²) in [5.74, 6) is 0.825. The van der Waals surface area contributed by atoms with Crippen LogP contribution in [0.15, 0.2) is 53.1 Å². The minimum Gasteiger partial charge on any atom is -0.468 e. The molecule has 0 saturated carbocycles. The van der Waals surface area contributed by atoms with E-state index in [1.165, 1.54) is 0 Å². The number of furan rings is 1. The number of nitrogens with one attached hydrogen (secondary N) is 1. The fraction of sp³-hybridized carbons (Fsp3) is 0.375. The number of nitrogens with zero attached hydrogens (tertiary/aromatic N) is 1. The Labute approximate surface area is 132 Å². The normalized spacial score (nSPS) is 13.4. The Morgan fingerprint density at radius 1 is 1.14 bits per heavy atom.